The first-order valence-electron chi connectivity index (χ1n) is 7.94. The molecule has 0 amide bonds. The van der Waals surface area contributed by atoms with Gasteiger partial charge in [0.25, 0.3) is 0 Å². The lowest BCUT2D eigenvalue weighted by Crippen LogP contribution is -2.24. The maximum Gasteiger partial charge on any atom is 0.155 e. The molecule has 1 atom stereocenters. The quantitative estimate of drug-likeness (QED) is 0.649. The summed E-state index contributed by atoms with van der Waals surface area (Å²) < 4.78 is 0. The van der Waals surface area contributed by atoms with Gasteiger partial charge in [0.1, 0.15) is 5.78 Å². The van der Waals surface area contributed by atoms with E-state index in [-0.39, 0.29) is 11.2 Å². The fourth-order valence-corrected chi connectivity index (χ4v) is 3.37. The first-order chi connectivity index (χ1) is 9.20. The summed E-state index contributed by atoms with van der Waals surface area (Å²) in [5, 5.41) is 0. The summed E-state index contributed by atoms with van der Waals surface area (Å²) in [5.41, 5.74) is 0.142. The normalized spacial score (nSPS) is 30.9. The highest BCUT2D eigenvalue weighted by Gasteiger charge is 2.30. The number of carbonyl (C=O) groups is 2. The van der Waals surface area contributed by atoms with Gasteiger partial charge in [-0.05, 0) is 37.2 Å². The Bertz CT molecular complexity index is 356. The molecule has 0 bridgehead atoms. The average Bonchev–Trinajstić information content (AvgIpc) is 2.41. The molecule has 0 radical (unpaired) electrons. The first kappa shape index (κ1) is 14.5. The standard InChI is InChI=1S/C17H26O2/c18-15-7-5-3-1-2-4-6-11-17(12-8-15)13-9-16(19)10-14-17/h9,13H,1-8,10-12,14H2/t17-/m1/s1. The van der Waals surface area contributed by atoms with Crippen LogP contribution in [0, 0.1) is 5.41 Å². The Morgan fingerprint density at radius 3 is 2.16 bits per heavy atom. The van der Waals surface area contributed by atoms with E-state index in [0.29, 0.717) is 18.6 Å². The van der Waals surface area contributed by atoms with Gasteiger partial charge >= 0.3 is 0 Å². The van der Waals surface area contributed by atoms with Crippen LogP contribution in [0.1, 0.15) is 77.0 Å². The maximum atomic E-state index is 11.9. The minimum Gasteiger partial charge on any atom is -0.300 e. The van der Waals surface area contributed by atoms with E-state index in [4.69, 9.17) is 0 Å². The smallest absolute Gasteiger partial charge is 0.155 e. The van der Waals surface area contributed by atoms with Gasteiger partial charge in [0, 0.05) is 19.3 Å². The van der Waals surface area contributed by atoms with E-state index in [1.807, 2.05) is 0 Å². The molecule has 106 valence electrons. The highest BCUT2D eigenvalue weighted by molar-refractivity contribution is 5.90. The predicted octanol–water partition coefficient (Wildman–Crippen LogP) is 4.38. The van der Waals surface area contributed by atoms with Crippen molar-refractivity contribution in [2.75, 3.05) is 0 Å². The van der Waals surface area contributed by atoms with Crippen LogP contribution >= 0.6 is 0 Å². The van der Waals surface area contributed by atoms with Gasteiger partial charge < -0.3 is 0 Å². The summed E-state index contributed by atoms with van der Waals surface area (Å²) in [4.78, 5) is 23.3. The van der Waals surface area contributed by atoms with Crippen molar-refractivity contribution in [1.82, 2.24) is 0 Å². The van der Waals surface area contributed by atoms with Crippen LogP contribution in [0.5, 0.6) is 0 Å². The third-order valence-corrected chi connectivity index (χ3v) is 4.77. The van der Waals surface area contributed by atoms with Gasteiger partial charge in [-0.2, -0.15) is 0 Å². The SMILES string of the molecule is O=C1C=C[C@]2(CCCCCCCCC(=O)CC2)CC1. The maximum absolute atomic E-state index is 11.9. The molecule has 2 nitrogen and oxygen atoms in total. The Balaban J connectivity index is 2.00. The van der Waals surface area contributed by atoms with E-state index < -0.39 is 0 Å². The second-order valence-corrected chi connectivity index (χ2v) is 6.32. The second kappa shape index (κ2) is 7.02. The molecule has 0 N–H and O–H groups in total. The van der Waals surface area contributed by atoms with Crippen LogP contribution in [0.15, 0.2) is 12.2 Å². The van der Waals surface area contributed by atoms with E-state index in [1.165, 1.54) is 32.1 Å². The van der Waals surface area contributed by atoms with Gasteiger partial charge in [-0.25, -0.2) is 0 Å². The van der Waals surface area contributed by atoms with E-state index in [1.54, 1.807) is 6.08 Å². The third kappa shape index (κ3) is 4.59. The lowest BCUT2D eigenvalue weighted by atomic mass is 9.71. The Morgan fingerprint density at radius 2 is 1.42 bits per heavy atom. The Labute approximate surface area is 116 Å². The van der Waals surface area contributed by atoms with Crippen molar-refractivity contribution in [2.24, 2.45) is 5.41 Å². The van der Waals surface area contributed by atoms with Crippen LogP contribution in [-0.4, -0.2) is 11.6 Å². The first-order valence-corrected chi connectivity index (χ1v) is 7.94. The Kier molecular flexibility index (Phi) is 5.35. The van der Waals surface area contributed by atoms with E-state index in [9.17, 15) is 9.59 Å². The molecule has 0 saturated heterocycles. The zero-order chi connectivity index (χ0) is 13.6. The number of carbonyl (C=O) groups excluding carboxylic acids is 2. The van der Waals surface area contributed by atoms with Crippen molar-refractivity contribution >= 4 is 11.6 Å². The summed E-state index contributed by atoms with van der Waals surface area (Å²) in [6.07, 6.45) is 16.5. The van der Waals surface area contributed by atoms with Gasteiger partial charge in [0.2, 0.25) is 0 Å². The van der Waals surface area contributed by atoms with E-state index >= 15 is 0 Å². The van der Waals surface area contributed by atoms with Crippen molar-refractivity contribution in [3.05, 3.63) is 12.2 Å². The van der Waals surface area contributed by atoms with Crippen LogP contribution in [0.2, 0.25) is 0 Å². The summed E-state index contributed by atoms with van der Waals surface area (Å²) in [7, 11) is 0. The number of Topliss-reactive ketones (excluding diaryl/α,β-unsaturated/α-hetero) is 1. The number of allylic oxidation sites excluding steroid dienone is 2. The van der Waals surface area contributed by atoms with Gasteiger partial charge in [0.05, 0.1) is 0 Å². The van der Waals surface area contributed by atoms with E-state index in [2.05, 4.69) is 6.08 Å². The predicted molar refractivity (Wildman–Crippen MR) is 77.0 cm³/mol. The monoisotopic (exact) mass is 262 g/mol. The van der Waals surface area contributed by atoms with Crippen molar-refractivity contribution in [3.8, 4) is 0 Å². The minimum absolute atomic E-state index is 0.142. The fourth-order valence-electron chi connectivity index (χ4n) is 3.37. The minimum atomic E-state index is 0.142. The summed E-state index contributed by atoms with van der Waals surface area (Å²) in [6.45, 7) is 0. The van der Waals surface area contributed by atoms with Gasteiger partial charge in [0.15, 0.2) is 5.78 Å². The molecule has 1 fully saturated rings. The Morgan fingerprint density at radius 1 is 0.737 bits per heavy atom. The highest BCUT2D eigenvalue weighted by atomic mass is 16.1. The lowest BCUT2D eigenvalue weighted by molar-refractivity contribution is -0.119. The molecule has 0 aromatic carbocycles. The number of hydrogen-bond acceptors (Lipinski definition) is 2. The number of rotatable bonds is 0. The highest BCUT2D eigenvalue weighted by Crippen LogP contribution is 2.40. The van der Waals surface area contributed by atoms with Crippen LogP contribution in [0.3, 0.4) is 0 Å². The lowest BCUT2D eigenvalue weighted by Gasteiger charge is -2.33. The summed E-state index contributed by atoms with van der Waals surface area (Å²) in [6, 6.07) is 0. The molecular formula is C17H26O2. The molecule has 1 saturated carbocycles. The largest absolute Gasteiger partial charge is 0.300 e. The third-order valence-electron chi connectivity index (χ3n) is 4.77. The number of hydrogen-bond donors (Lipinski definition) is 0. The van der Waals surface area contributed by atoms with Crippen LogP contribution < -0.4 is 0 Å². The summed E-state index contributed by atoms with van der Waals surface area (Å²) in [5.74, 6) is 0.674. The molecule has 0 aliphatic heterocycles. The van der Waals surface area contributed by atoms with Crippen molar-refractivity contribution in [1.29, 1.82) is 0 Å². The van der Waals surface area contributed by atoms with Crippen molar-refractivity contribution < 1.29 is 9.59 Å². The molecule has 2 heteroatoms. The van der Waals surface area contributed by atoms with Crippen molar-refractivity contribution in [3.63, 3.8) is 0 Å². The van der Waals surface area contributed by atoms with Crippen LogP contribution in [-0.2, 0) is 9.59 Å². The molecule has 0 heterocycles. The molecule has 2 rings (SSSR count). The zero-order valence-electron chi connectivity index (χ0n) is 12.0. The molecule has 0 aromatic heterocycles. The topological polar surface area (TPSA) is 34.1 Å². The van der Waals surface area contributed by atoms with E-state index in [0.717, 1.165) is 32.1 Å². The molecule has 0 aromatic rings. The fraction of sp³-hybridized carbons (Fsp3) is 0.765. The Hall–Kier alpha value is -0.920. The van der Waals surface area contributed by atoms with Crippen LogP contribution in [0.25, 0.3) is 0 Å². The summed E-state index contributed by atoms with van der Waals surface area (Å²) >= 11 is 0. The average molecular weight is 262 g/mol. The van der Waals surface area contributed by atoms with Gasteiger partial charge in [-0.3, -0.25) is 9.59 Å². The van der Waals surface area contributed by atoms with Crippen molar-refractivity contribution in [2.45, 2.75) is 77.0 Å². The number of ketones is 2. The molecule has 0 unspecified atom stereocenters. The molecular weight excluding hydrogens is 236 g/mol. The molecule has 2 aliphatic rings. The molecule has 19 heavy (non-hydrogen) atoms. The zero-order valence-corrected chi connectivity index (χ0v) is 12.0. The van der Waals surface area contributed by atoms with Gasteiger partial charge in [-0.15, -0.1) is 0 Å². The molecule has 1 spiro atoms. The van der Waals surface area contributed by atoms with Gasteiger partial charge in [-0.1, -0.05) is 38.2 Å². The van der Waals surface area contributed by atoms with Crippen LogP contribution in [0.4, 0.5) is 0 Å². The second-order valence-electron chi connectivity index (χ2n) is 6.32. The molecule has 2 aliphatic carbocycles.